The molecule has 0 spiro atoms. The minimum atomic E-state index is 0.425. The van der Waals surface area contributed by atoms with Crippen LogP contribution >= 0.6 is 0 Å². The van der Waals surface area contributed by atoms with Crippen LogP contribution in [0.25, 0.3) is 0 Å². The molecular formula is C7H10N2O. The Morgan fingerprint density at radius 1 is 1.80 bits per heavy atom. The molecule has 1 heterocycles. The molecule has 1 fully saturated rings. The molecule has 2 rings (SSSR count). The first-order valence-corrected chi connectivity index (χ1v) is 3.49. The van der Waals surface area contributed by atoms with E-state index < -0.39 is 0 Å². The molecule has 1 aromatic rings. The highest BCUT2D eigenvalue weighted by Gasteiger charge is 2.36. The number of anilines is 1. The second-order valence-electron chi connectivity index (χ2n) is 2.97. The van der Waals surface area contributed by atoms with E-state index in [-0.39, 0.29) is 0 Å². The van der Waals surface area contributed by atoms with Crippen molar-refractivity contribution in [3.8, 4) is 0 Å². The molecule has 2 N–H and O–H groups in total. The highest BCUT2D eigenvalue weighted by molar-refractivity contribution is 5.29. The quantitative estimate of drug-likeness (QED) is 0.637. The zero-order valence-electron chi connectivity index (χ0n) is 5.87. The van der Waals surface area contributed by atoms with Crippen LogP contribution in [0.2, 0.25) is 0 Å². The summed E-state index contributed by atoms with van der Waals surface area (Å²) in [6, 6.07) is 1.81. The van der Waals surface area contributed by atoms with Gasteiger partial charge in [-0.1, -0.05) is 12.1 Å². The number of hydrogen-bond donors (Lipinski definition) is 1. The number of hydrogen-bond acceptors (Lipinski definition) is 3. The molecule has 0 amide bonds. The van der Waals surface area contributed by atoms with Crippen molar-refractivity contribution < 1.29 is 4.52 Å². The third kappa shape index (κ3) is 0.781. The Bertz CT molecular complexity index is 244. The fraction of sp³-hybridized carbons (Fsp3) is 0.571. The van der Waals surface area contributed by atoms with Crippen molar-refractivity contribution in [1.29, 1.82) is 0 Å². The highest BCUT2D eigenvalue weighted by atomic mass is 16.5. The Balaban J connectivity index is 2.20. The number of nitrogen functional groups attached to an aromatic ring is 1. The fourth-order valence-electron chi connectivity index (χ4n) is 1.21. The van der Waals surface area contributed by atoms with Gasteiger partial charge in [-0.25, -0.2) is 0 Å². The number of aromatic nitrogens is 1. The first-order chi connectivity index (χ1) is 4.77. The molecule has 0 saturated heterocycles. The predicted molar refractivity (Wildman–Crippen MR) is 37.4 cm³/mol. The van der Waals surface area contributed by atoms with Gasteiger partial charge in [-0.15, -0.1) is 0 Å². The lowest BCUT2D eigenvalue weighted by atomic mass is 10.2. The first kappa shape index (κ1) is 5.77. The van der Waals surface area contributed by atoms with E-state index in [4.69, 9.17) is 10.3 Å². The van der Waals surface area contributed by atoms with Crippen molar-refractivity contribution in [3.63, 3.8) is 0 Å². The van der Waals surface area contributed by atoms with Gasteiger partial charge in [0.2, 0.25) is 5.88 Å². The van der Waals surface area contributed by atoms with E-state index in [1.165, 1.54) is 6.42 Å². The molecule has 1 aliphatic rings. The van der Waals surface area contributed by atoms with Crippen LogP contribution in [0.1, 0.15) is 25.0 Å². The fourth-order valence-corrected chi connectivity index (χ4v) is 1.21. The van der Waals surface area contributed by atoms with Crippen molar-refractivity contribution >= 4 is 5.88 Å². The zero-order valence-corrected chi connectivity index (χ0v) is 5.87. The molecule has 54 valence electrons. The Hall–Kier alpha value is -0.990. The number of nitrogens with two attached hydrogens (primary N) is 1. The van der Waals surface area contributed by atoms with Gasteiger partial charge >= 0.3 is 0 Å². The molecule has 3 nitrogen and oxygen atoms in total. The van der Waals surface area contributed by atoms with Crippen LogP contribution < -0.4 is 5.73 Å². The van der Waals surface area contributed by atoms with Crippen LogP contribution in [0.5, 0.6) is 0 Å². The first-order valence-electron chi connectivity index (χ1n) is 3.49. The largest absolute Gasteiger partial charge is 0.368 e. The minimum absolute atomic E-state index is 0.425. The van der Waals surface area contributed by atoms with Gasteiger partial charge in [0.25, 0.3) is 0 Å². The molecule has 10 heavy (non-hydrogen) atoms. The summed E-state index contributed by atoms with van der Waals surface area (Å²) in [5.74, 6) is 1.81. The van der Waals surface area contributed by atoms with E-state index in [9.17, 15) is 0 Å². The van der Waals surface area contributed by atoms with Crippen LogP contribution in [0.3, 0.4) is 0 Å². The summed E-state index contributed by atoms with van der Waals surface area (Å²) in [4.78, 5) is 0. The van der Waals surface area contributed by atoms with Crippen LogP contribution in [0.4, 0.5) is 5.88 Å². The van der Waals surface area contributed by atoms with Gasteiger partial charge in [0, 0.05) is 12.0 Å². The van der Waals surface area contributed by atoms with Crippen LogP contribution in [0, 0.1) is 5.92 Å². The van der Waals surface area contributed by atoms with Crippen molar-refractivity contribution in [2.75, 3.05) is 5.73 Å². The Morgan fingerprint density at radius 2 is 2.50 bits per heavy atom. The lowest BCUT2D eigenvalue weighted by Crippen LogP contribution is -1.79. The summed E-state index contributed by atoms with van der Waals surface area (Å²) < 4.78 is 4.74. The third-order valence-corrected chi connectivity index (χ3v) is 2.04. The topological polar surface area (TPSA) is 52.0 Å². The molecule has 1 saturated carbocycles. The maximum absolute atomic E-state index is 5.36. The highest BCUT2D eigenvalue weighted by Crippen LogP contribution is 2.46. The standard InChI is InChI=1S/C7H10N2O/c1-4-2-5(4)6-3-7(8)10-9-6/h3-5H,2,8H2,1H3. The molecule has 0 bridgehead atoms. The molecule has 1 aliphatic carbocycles. The summed E-state index contributed by atoms with van der Waals surface area (Å²) in [6.45, 7) is 2.20. The lowest BCUT2D eigenvalue weighted by molar-refractivity contribution is 0.427. The third-order valence-electron chi connectivity index (χ3n) is 2.04. The Labute approximate surface area is 59.2 Å². The van der Waals surface area contributed by atoms with Crippen LogP contribution in [-0.4, -0.2) is 5.16 Å². The van der Waals surface area contributed by atoms with Crippen molar-refractivity contribution in [2.24, 2.45) is 5.92 Å². The van der Waals surface area contributed by atoms with Gasteiger partial charge in [-0.3, -0.25) is 0 Å². The van der Waals surface area contributed by atoms with Gasteiger partial charge < -0.3 is 10.3 Å². The smallest absolute Gasteiger partial charge is 0.222 e. The molecule has 2 atom stereocenters. The monoisotopic (exact) mass is 138 g/mol. The van der Waals surface area contributed by atoms with Gasteiger partial charge in [0.15, 0.2) is 0 Å². The average Bonchev–Trinajstić information content (AvgIpc) is 2.42. The maximum Gasteiger partial charge on any atom is 0.222 e. The zero-order chi connectivity index (χ0) is 7.14. The average molecular weight is 138 g/mol. The summed E-state index contributed by atoms with van der Waals surface area (Å²) in [5.41, 5.74) is 6.38. The van der Waals surface area contributed by atoms with E-state index in [2.05, 4.69) is 12.1 Å². The van der Waals surface area contributed by atoms with Crippen molar-refractivity contribution in [2.45, 2.75) is 19.3 Å². The Morgan fingerprint density at radius 3 is 2.90 bits per heavy atom. The molecule has 0 aromatic carbocycles. The molecule has 0 aliphatic heterocycles. The minimum Gasteiger partial charge on any atom is -0.368 e. The summed E-state index contributed by atoms with van der Waals surface area (Å²) >= 11 is 0. The van der Waals surface area contributed by atoms with Crippen LogP contribution in [-0.2, 0) is 0 Å². The van der Waals surface area contributed by atoms with Gasteiger partial charge in [0.1, 0.15) is 0 Å². The molecule has 1 aromatic heterocycles. The molecule has 0 radical (unpaired) electrons. The van der Waals surface area contributed by atoms with E-state index in [0.29, 0.717) is 11.8 Å². The van der Waals surface area contributed by atoms with Crippen LogP contribution in [0.15, 0.2) is 10.6 Å². The van der Waals surface area contributed by atoms with E-state index in [1.807, 2.05) is 6.07 Å². The normalized spacial score (nSPS) is 30.5. The predicted octanol–water partition coefficient (Wildman–Crippen LogP) is 1.38. The van der Waals surface area contributed by atoms with E-state index >= 15 is 0 Å². The summed E-state index contributed by atoms with van der Waals surface area (Å²) in [5, 5.41) is 3.83. The van der Waals surface area contributed by atoms with E-state index in [1.54, 1.807) is 0 Å². The lowest BCUT2D eigenvalue weighted by Gasteiger charge is -1.82. The van der Waals surface area contributed by atoms with Gasteiger partial charge in [-0.2, -0.15) is 0 Å². The molecule has 3 heteroatoms. The molecular weight excluding hydrogens is 128 g/mol. The van der Waals surface area contributed by atoms with E-state index in [0.717, 1.165) is 11.6 Å². The van der Waals surface area contributed by atoms with Crippen molar-refractivity contribution in [3.05, 3.63) is 11.8 Å². The summed E-state index contributed by atoms with van der Waals surface area (Å²) in [6.07, 6.45) is 1.23. The van der Waals surface area contributed by atoms with Gasteiger partial charge in [-0.05, 0) is 12.3 Å². The second kappa shape index (κ2) is 1.75. The molecule has 2 unspecified atom stereocenters. The SMILES string of the molecule is CC1CC1c1cc(N)on1. The second-order valence-corrected chi connectivity index (χ2v) is 2.97. The summed E-state index contributed by atoms with van der Waals surface area (Å²) in [7, 11) is 0. The maximum atomic E-state index is 5.36. The number of nitrogens with zero attached hydrogens (tertiary/aromatic N) is 1. The Kier molecular flexibility index (Phi) is 1.01. The van der Waals surface area contributed by atoms with Gasteiger partial charge in [0.05, 0.1) is 5.69 Å². The van der Waals surface area contributed by atoms with Crippen molar-refractivity contribution in [1.82, 2.24) is 5.16 Å². The number of rotatable bonds is 1.